The van der Waals surface area contributed by atoms with Crippen LogP contribution in [-0.2, 0) is 19.6 Å². The Hall–Kier alpha value is -3.07. The van der Waals surface area contributed by atoms with Crippen LogP contribution in [0.2, 0.25) is 0 Å². The molecule has 30 heavy (non-hydrogen) atoms. The van der Waals surface area contributed by atoms with Crippen LogP contribution >= 0.6 is 0 Å². The molecule has 0 bridgehead atoms. The average Bonchev–Trinajstić information content (AvgIpc) is 3.21. The minimum atomic E-state index is -3.77. The number of carbonyl (C=O) groups is 1. The maximum atomic E-state index is 13.1. The second kappa shape index (κ2) is 7.98. The van der Waals surface area contributed by atoms with E-state index in [1.165, 1.54) is 23.5 Å². The fourth-order valence-electron chi connectivity index (χ4n) is 3.98. The van der Waals surface area contributed by atoms with Crippen LogP contribution in [0.1, 0.15) is 25.7 Å². The highest BCUT2D eigenvalue weighted by Gasteiger charge is 2.28. The monoisotopic (exact) mass is 428 g/mol. The van der Waals surface area contributed by atoms with Crippen molar-refractivity contribution in [3.8, 4) is 0 Å². The second-order valence-corrected chi connectivity index (χ2v) is 9.29. The molecule has 0 atom stereocenters. The number of benzene rings is 1. The summed E-state index contributed by atoms with van der Waals surface area (Å²) in [6, 6.07) is 10.1. The van der Waals surface area contributed by atoms with E-state index in [4.69, 9.17) is 10.5 Å². The molecule has 4 rings (SSSR count). The van der Waals surface area contributed by atoms with Gasteiger partial charge in [0.15, 0.2) is 5.65 Å². The molecule has 8 nitrogen and oxygen atoms in total. The highest BCUT2D eigenvalue weighted by molar-refractivity contribution is 7.90. The third kappa shape index (κ3) is 3.60. The van der Waals surface area contributed by atoms with Crippen molar-refractivity contribution in [2.45, 2.75) is 36.6 Å². The number of esters is 1. The molecular formula is C21H24N4O4S. The molecule has 3 aromatic rings. The maximum absolute atomic E-state index is 13.1. The number of aromatic nitrogens is 2. The first-order chi connectivity index (χ1) is 14.4. The van der Waals surface area contributed by atoms with Crippen LogP contribution in [0.4, 0.5) is 11.4 Å². The van der Waals surface area contributed by atoms with Gasteiger partial charge >= 0.3 is 5.97 Å². The highest BCUT2D eigenvalue weighted by Crippen LogP contribution is 2.34. The summed E-state index contributed by atoms with van der Waals surface area (Å²) in [5, 5.41) is 4.09. The number of hydrogen-bond donors (Lipinski definition) is 2. The van der Waals surface area contributed by atoms with Crippen molar-refractivity contribution in [3.05, 3.63) is 48.8 Å². The molecule has 158 valence electrons. The predicted octanol–water partition coefficient (Wildman–Crippen LogP) is 3.00. The second-order valence-electron chi connectivity index (χ2n) is 7.47. The predicted molar refractivity (Wildman–Crippen MR) is 115 cm³/mol. The van der Waals surface area contributed by atoms with Crippen LogP contribution in [0.3, 0.4) is 0 Å². The number of fused-ring (bicyclic) bond motifs is 1. The number of carbonyl (C=O) groups excluding carboxylic acids is 1. The fourth-order valence-corrected chi connectivity index (χ4v) is 5.31. The summed E-state index contributed by atoms with van der Waals surface area (Å²) in [5.74, 6) is -0.234. The number of anilines is 2. The summed E-state index contributed by atoms with van der Waals surface area (Å²) in [4.78, 5) is 16.2. The van der Waals surface area contributed by atoms with Gasteiger partial charge in [0.25, 0.3) is 10.0 Å². The molecule has 1 aliphatic carbocycles. The van der Waals surface area contributed by atoms with Crippen LogP contribution in [0.15, 0.2) is 53.7 Å². The van der Waals surface area contributed by atoms with Crippen molar-refractivity contribution in [3.63, 3.8) is 0 Å². The molecule has 0 saturated heterocycles. The van der Waals surface area contributed by atoms with E-state index in [0.29, 0.717) is 22.4 Å². The van der Waals surface area contributed by atoms with Crippen LogP contribution in [0.25, 0.3) is 11.0 Å². The van der Waals surface area contributed by atoms with Crippen molar-refractivity contribution in [2.24, 2.45) is 5.92 Å². The first-order valence-electron chi connectivity index (χ1n) is 9.82. The van der Waals surface area contributed by atoms with Gasteiger partial charge < -0.3 is 15.8 Å². The van der Waals surface area contributed by atoms with Crippen LogP contribution in [0, 0.1) is 5.92 Å². The Bertz CT molecular complexity index is 1170. The maximum Gasteiger partial charge on any atom is 0.308 e. The SMILES string of the molecule is COC(=O)C1CCC(Nc2c(N)cnc3c2ccn3S(=O)(=O)c2ccccc2)CC1. The van der Waals surface area contributed by atoms with Crippen molar-refractivity contribution in [2.75, 3.05) is 18.2 Å². The number of rotatable bonds is 5. The first kappa shape index (κ1) is 20.2. The molecule has 1 aromatic carbocycles. The molecule has 0 radical (unpaired) electrons. The summed E-state index contributed by atoms with van der Waals surface area (Å²) in [6.07, 6.45) is 6.04. The molecule has 0 spiro atoms. The van der Waals surface area contributed by atoms with E-state index in [1.54, 1.807) is 36.4 Å². The van der Waals surface area contributed by atoms with Gasteiger partial charge in [0.1, 0.15) is 0 Å². The van der Waals surface area contributed by atoms with Crippen LogP contribution in [-0.4, -0.2) is 36.5 Å². The van der Waals surface area contributed by atoms with E-state index in [2.05, 4.69) is 10.3 Å². The summed E-state index contributed by atoms with van der Waals surface area (Å²) < 4.78 is 32.1. The molecule has 0 unspecified atom stereocenters. The number of nitrogens with zero attached hydrogens (tertiary/aromatic N) is 2. The van der Waals surface area contributed by atoms with E-state index < -0.39 is 10.0 Å². The normalized spacial score (nSPS) is 19.5. The van der Waals surface area contributed by atoms with E-state index in [-0.39, 0.29) is 22.8 Å². The number of nitrogens with one attached hydrogen (secondary N) is 1. The summed E-state index contributed by atoms with van der Waals surface area (Å²) >= 11 is 0. The Labute approximate surface area is 175 Å². The molecule has 9 heteroatoms. The molecule has 0 aliphatic heterocycles. The minimum Gasteiger partial charge on any atom is -0.469 e. The molecule has 3 N–H and O–H groups in total. The lowest BCUT2D eigenvalue weighted by atomic mass is 9.86. The lowest BCUT2D eigenvalue weighted by Gasteiger charge is -2.29. The summed E-state index contributed by atoms with van der Waals surface area (Å²) in [6.45, 7) is 0. The zero-order valence-corrected chi connectivity index (χ0v) is 17.4. The van der Waals surface area contributed by atoms with E-state index in [0.717, 1.165) is 25.7 Å². The first-order valence-corrected chi connectivity index (χ1v) is 11.3. The van der Waals surface area contributed by atoms with Gasteiger partial charge in [-0.1, -0.05) is 18.2 Å². The van der Waals surface area contributed by atoms with Gasteiger partial charge in [-0.25, -0.2) is 17.4 Å². The average molecular weight is 429 g/mol. The Morgan fingerprint density at radius 3 is 2.53 bits per heavy atom. The van der Waals surface area contributed by atoms with Gasteiger partial charge in [-0.15, -0.1) is 0 Å². The molecule has 2 heterocycles. The van der Waals surface area contributed by atoms with Crippen molar-refractivity contribution < 1.29 is 17.9 Å². The molecule has 2 aromatic heterocycles. The number of nitrogens with two attached hydrogens (primary N) is 1. The van der Waals surface area contributed by atoms with Crippen LogP contribution < -0.4 is 11.1 Å². The Morgan fingerprint density at radius 1 is 1.17 bits per heavy atom. The Morgan fingerprint density at radius 2 is 1.87 bits per heavy atom. The number of pyridine rings is 1. The Kier molecular flexibility index (Phi) is 5.38. The van der Waals surface area contributed by atoms with Crippen molar-refractivity contribution in [1.82, 2.24) is 8.96 Å². The lowest BCUT2D eigenvalue weighted by molar-refractivity contribution is -0.146. The molecular weight excluding hydrogens is 404 g/mol. The third-order valence-corrected chi connectivity index (χ3v) is 7.30. The van der Waals surface area contributed by atoms with Crippen molar-refractivity contribution >= 4 is 38.4 Å². The highest BCUT2D eigenvalue weighted by atomic mass is 32.2. The van der Waals surface area contributed by atoms with Crippen LogP contribution in [0.5, 0.6) is 0 Å². The van der Waals surface area contributed by atoms with Gasteiger partial charge in [0, 0.05) is 17.6 Å². The van der Waals surface area contributed by atoms with E-state index >= 15 is 0 Å². The van der Waals surface area contributed by atoms with Gasteiger partial charge in [-0.05, 0) is 43.9 Å². The smallest absolute Gasteiger partial charge is 0.308 e. The fraction of sp³-hybridized carbons (Fsp3) is 0.333. The van der Waals surface area contributed by atoms with E-state index in [9.17, 15) is 13.2 Å². The number of hydrogen-bond acceptors (Lipinski definition) is 7. The van der Waals surface area contributed by atoms with Gasteiger partial charge in [-0.3, -0.25) is 4.79 Å². The zero-order valence-electron chi connectivity index (χ0n) is 16.6. The number of nitrogen functional groups attached to an aromatic ring is 1. The number of methoxy groups -OCH3 is 1. The topological polar surface area (TPSA) is 116 Å². The summed E-state index contributed by atoms with van der Waals surface area (Å²) in [5.41, 5.74) is 7.61. The number of ether oxygens (including phenoxy) is 1. The molecule has 1 fully saturated rings. The summed E-state index contributed by atoms with van der Waals surface area (Å²) in [7, 11) is -2.36. The molecule has 1 saturated carbocycles. The van der Waals surface area contributed by atoms with Gasteiger partial charge in [0.05, 0.1) is 35.5 Å². The minimum absolute atomic E-state index is 0.0695. The Balaban J connectivity index is 1.63. The van der Waals surface area contributed by atoms with Gasteiger partial charge in [0.2, 0.25) is 0 Å². The van der Waals surface area contributed by atoms with Gasteiger partial charge in [-0.2, -0.15) is 0 Å². The molecule has 0 amide bonds. The lowest BCUT2D eigenvalue weighted by Crippen LogP contribution is -2.30. The quantitative estimate of drug-likeness (QED) is 0.600. The molecule has 1 aliphatic rings. The van der Waals surface area contributed by atoms with E-state index in [1.807, 2.05) is 0 Å². The standard InChI is InChI=1S/C21H24N4O4S/c1-29-21(26)14-7-9-15(10-8-14)24-19-17-11-12-25(20(17)23-13-18(19)22)30(27,28)16-5-3-2-4-6-16/h2-6,11-15H,7-10,22H2,1H3,(H,23,24). The largest absolute Gasteiger partial charge is 0.469 e. The third-order valence-electron chi connectivity index (χ3n) is 5.62. The zero-order chi connectivity index (χ0) is 21.3. The van der Waals surface area contributed by atoms with Crippen molar-refractivity contribution in [1.29, 1.82) is 0 Å².